The van der Waals surface area contributed by atoms with Crippen molar-refractivity contribution >= 4 is 29.3 Å². The molecule has 0 saturated heterocycles. The zero-order valence-electron chi connectivity index (χ0n) is 16.5. The largest absolute Gasteiger partial charge is 0.484 e. The highest BCUT2D eigenvalue weighted by Gasteiger charge is 2.24. The summed E-state index contributed by atoms with van der Waals surface area (Å²) in [5, 5.41) is 0. The van der Waals surface area contributed by atoms with E-state index >= 15 is 0 Å². The van der Waals surface area contributed by atoms with E-state index in [1.807, 2.05) is 43.5 Å². The van der Waals surface area contributed by atoms with Gasteiger partial charge in [0, 0.05) is 30.4 Å². The van der Waals surface area contributed by atoms with Gasteiger partial charge in [-0.05, 0) is 31.5 Å². The summed E-state index contributed by atoms with van der Waals surface area (Å²) in [7, 11) is 0. The molecule has 0 amide bonds. The summed E-state index contributed by atoms with van der Waals surface area (Å²) in [4.78, 5) is 16.3. The van der Waals surface area contributed by atoms with Crippen molar-refractivity contribution in [3.63, 3.8) is 0 Å². The molecule has 0 spiro atoms. The average Bonchev–Trinajstić information content (AvgIpc) is 2.92. The summed E-state index contributed by atoms with van der Waals surface area (Å²) in [6.07, 6.45) is 4.25. The first kappa shape index (κ1) is 18.9. The van der Waals surface area contributed by atoms with Gasteiger partial charge in [-0.2, -0.15) is 0 Å². The Morgan fingerprint density at radius 3 is 2.69 bits per heavy atom. The van der Waals surface area contributed by atoms with Gasteiger partial charge in [-0.15, -0.1) is 0 Å². The first-order valence-electron chi connectivity index (χ1n) is 9.94. The SMILES string of the molecule is CCO/C=N/CCCN1c2ccccc2C(c2ccccc2)=Nc2cccnc21. The van der Waals surface area contributed by atoms with E-state index in [2.05, 4.69) is 51.3 Å². The monoisotopic (exact) mass is 384 g/mol. The van der Waals surface area contributed by atoms with Gasteiger partial charge in [0.05, 0.1) is 18.0 Å². The molecule has 0 saturated carbocycles. The topological polar surface area (TPSA) is 50.1 Å². The molecule has 0 bridgehead atoms. The number of fused-ring (bicyclic) bond motifs is 2. The van der Waals surface area contributed by atoms with E-state index in [9.17, 15) is 0 Å². The van der Waals surface area contributed by atoms with Crippen molar-refractivity contribution in [2.45, 2.75) is 13.3 Å². The Morgan fingerprint density at radius 2 is 1.83 bits per heavy atom. The molecule has 29 heavy (non-hydrogen) atoms. The van der Waals surface area contributed by atoms with Crippen molar-refractivity contribution in [1.29, 1.82) is 0 Å². The number of pyridine rings is 1. The number of anilines is 2. The number of ether oxygens (including phenoxy) is 1. The summed E-state index contributed by atoms with van der Waals surface area (Å²) in [6.45, 7) is 4.09. The second-order valence-electron chi connectivity index (χ2n) is 6.66. The fourth-order valence-electron chi connectivity index (χ4n) is 3.43. The van der Waals surface area contributed by atoms with E-state index in [-0.39, 0.29) is 0 Å². The zero-order valence-corrected chi connectivity index (χ0v) is 16.5. The standard InChI is InChI=1S/C24H24N4O/c1-2-29-18-25-15-9-17-28-22-14-7-6-12-20(22)23(19-10-4-3-5-11-19)27-21-13-8-16-26-24(21)28/h3-8,10-14,16,18H,2,9,15,17H2,1H3/b25-18+. The van der Waals surface area contributed by atoms with Gasteiger partial charge in [-0.3, -0.25) is 4.99 Å². The van der Waals surface area contributed by atoms with Crippen LogP contribution in [0.1, 0.15) is 24.5 Å². The number of rotatable bonds is 7. The number of aromatic nitrogens is 1. The van der Waals surface area contributed by atoms with Crippen LogP contribution in [0.2, 0.25) is 0 Å². The Labute approximate surface area is 171 Å². The van der Waals surface area contributed by atoms with Gasteiger partial charge in [0.2, 0.25) is 0 Å². The molecular weight excluding hydrogens is 360 g/mol. The first-order valence-corrected chi connectivity index (χ1v) is 9.94. The lowest BCUT2D eigenvalue weighted by molar-refractivity contribution is 0.342. The maximum Gasteiger partial charge on any atom is 0.169 e. The molecule has 146 valence electrons. The third kappa shape index (κ3) is 4.19. The number of para-hydroxylation sites is 1. The summed E-state index contributed by atoms with van der Waals surface area (Å²) < 4.78 is 5.19. The van der Waals surface area contributed by atoms with Crippen molar-refractivity contribution in [3.05, 3.63) is 84.1 Å². The van der Waals surface area contributed by atoms with Gasteiger partial charge in [0.1, 0.15) is 5.69 Å². The van der Waals surface area contributed by atoms with E-state index in [4.69, 9.17) is 9.73 Å². The summed E-state index contributed by atoms with van der Waals surface area (Å²) in [5.41, 5.74) is 5.15. The maximum absolute atomic E-state index is 5.19. The Kier molecular flexibility index (Phi) is 5.95. The molecule has 5 heteroatoms. The number of aliphatic imine (C=N–C) groups is 2. The molecule has 1 aromatic heterocycles. The van der Waals surface area contributed by atoms with E-state index in [1.165, 1.54) is 0 Å². The minimum atomic E-state index is 0.639. The van der Waals surface area contributed by atoms with Crippen LogP contribution in [-0.2, 0) is 4.74 Å². The Hall–Kier alpha value is -3.47. The van der Waals surface area contributed by atoms with Crippen molar-refractivity contribution < 1.29 is 4.74 Å². The highest BCUT2D eigenvalue weighted by molar-refractivity contribution is 6.18. The lowest BCUT2D eigenvalue weighted by Crippen LogP contribution is -2.21. The fraction of sp³-hybridized carbons (Fsp3) is 0.208. The Balaban J connectivity index is 1.73. The molecular formula is C24H24N4O. The predicted molar refractivity (Wildman–Crippen MR) is 119 cm³/mol. The van der Waals surface area contributed by atoms with Crippen LogP contribution in [0.25, 0.3) is 0 Å². The smallest absolute Gasteiger partial charge is 0.169 e. The summed E-state index contributed by atoms with van der Waals surface area (Å²) in [6, 6.07) is 22.7. The van der Waals surface area contributed by atoms with Crippen LogP contribution in [-0.4, -0.2) is 36.8 Å². The molecule has 3 aromatic rings. The molecule has 0 radical (unpaired) electrons. The van der Waals surface area contributed by atoms with Crippen LogP contribution in [0.5, 0.6) is 0 Å². The van der Waals surface area contributed by atoms with E-state index in [0.717, 1.165) is 47.0 Å². The number of hydrogen-bond acceptors (Lipinski definition) is 5. The second-order valence-corrected chi connectivity index (χ2v) is 6.66. The van der Waals surface area contributed by atoms with Gasteiger partial charge < -0.3 is 9.64 Å². The molecule has 0 fully saturated rings. The van der Waals surface area contributed by atoms with Crippen LogP contribution in [0, 0.1) is 0 Å². The normalized spacial score (nSPS) is 12.9. The van der Waals surface area contributed by atoms with E-state index < -0.39 is 0 Å². The van der Waals surface area contributed by atoms with Gasteiger partial charge in [0.25, 0.3) is 0 Å². The molecule has 1 aliphatic heterocycles. The van der Waals surface area contributed by atoms with Gasteiger partial charge in [0.15, 0.2) is 12.2 Å². The van der Waals surface area contributed by atoms with Crippen molar-refractivity contribution in [2.75, 3.05) is 24.6 Å². The molecule has 0 unspecified atom stereocenters. The minimum Gasteiger partial charge on any atom is -0.484 e. The zero-order chi connectivity index (χ0) is 19.9. The van der Waals surface area contributed by atoms with Crippen LogP contribution < -0.4 is 4.90 Å². The quantitative estimate of drug-likeness (QED) is 0.321. The molecule has 1 aliphatic rings. The molecule has 0 atom stereocenters. The van der Waals surface area contributed by atoms with Crippen LogP contribution in [0.3, 0.4) is 0 Å². The number of benzene rings is 2. The maximum atomic E-state index is 5.19. The number of hydrogen-bond donors (Lipinski definition) is 0. The first-order chi connectivity index (χ1) is 14.4. The molecule has 0 N–H and O–H groups in total. The Bertz CT molecular complexity index is 1010. The second kappa shape index (κ2) is 9.15. The number of nitrogens with zero attached hydrogens (tertiary/aromatic N) is 4. The lowest BCUT2D eigenvalue weighted by Gasteiger charge is -2.25. The molecule has 2 heterocycles. The van der Waals surface area contributed by atoms with Crippen molar-refractivity contribution in [2.24, 2.45) is 9.98 Å². The van der Waals surface area contributed by atoms with E-state index in [1.54, 1.807) is 6.40 Å². The minimum absolute atomic E-state index is 0.639. The van der Waals surface area contributed by atoms with E-state index in [0.29, 0.717) is 13.2 Å². The average molecular weight is 384 g/mol. The Morgan fingerprint density at radius 1 is 1.00 bits per heavy atom. The van der Waals surface area contributed by atoms with Crippen molar-refractivity contribution in [3.8, 4) is 0 Å². The molecule has 0 aliphatic carbocycles. The highest BCUT2D eigenvalue weighted by Crippen LogP contribution is 2.38. The molecule has 2 aromatic carbocycles. The fourth-order valence-corrected chi connectivity index (χ4v) is 3.43. The molecule has 4 rings (SSSR count). The van der Waals surface area contributed by atoms with Gasteiger partial charge >= 0.3 is 0 Å². The third-order valence-electron chi connectivity index (χ3n) is 4.74. The van der Waals surface area contributed by atoms with Gasteiger partial charge in [-0.25, -0.2) is 9.98 Å². The lowest BCUT2D eigenvalue weighted by atomic mass is 10.00. The predicted octanol–water partition coefficient (Wildman–Crippen LogP) is 5.16. The third-order valence-corrected chi connectivity index (χ3v) is 4.74. The van der Waals surface area contributed by atoms with Crippen LogP contribution in [0.15, 0.2) is 82.9 Å². The summed E-state index contributed by atoms with van der Waals surface area (Å²) in [5.74, 6) is 0.875. The van der Waals surface area contributed by atoms with Crippen molar-refractivity contribution in [1.82, 2.24) is 4.98 Å². The van der Waals surface area contributed by atoms with Crippen LogP contribution >= 0.6 is 0 Å². The molecule has 5 nitrogen and oxygen atoms in total. The van der Waals surface area contributed by atoms with Crippen LogP contribution in [0.4, 0.5) is 17.2 Å². The summed E-state index contributed by atoms with van der Waals surface area (Å²) >= 11 is 0. The highest BCUT2D eigenvalue weighted by atomic mass is 16.5. The van der Waals surface area contributed by atoms with Gasteiger partial charge in [-0.1, -0.05) is 48.5 Å².